The molecule has 0 saturated heterocycles. The maximum absolute atomic E-state index is 14.2. The Bertz CT molecular complexity index is 398. The molecule has 1 aromatic rings. The van der Waals surface area contributed by atoms with Crippen LogP contribution < -0.4 is 5.32 Å². The SMILES string of the molecule is Fc1c(NC2CCCC2)ncnc1C1CCC1. The van der Waals surface area contributed by atoms with Gasteiger partial charge in [-0.25, -0.2) is 14.4 Å². The van der Waals surface area contributed by atoms with Gasteiger partial charge in [0.1, 0.15) is 6.33 Å². The first kappa shape index (κ1) is 10.9. The van der Waals surface area contributed by atoms with Crippen LogP contribution in [-0.2, 0) is 0 Å². The molecule has 17 heavy (non-hydrogen) atoms. The first-order valence-corrected chi connectivity index (χ1v) is 6.61. The highest BCUT2D eigenvalue weighted by Crippen LogP contribution is 2.37. The largest absolute Gasteiger partial charge is 0.365 e. The van der Waals surface area contributed by atoms with E-state index in [4.69, 9.17) is 0 Å². The van der Waals surface area contributed by atoms with E-state index in [9.17, 15) is 4.39 Å². The van der Waals surface area contributed by atoms with Crippen molar-refractivity contribution in [2.24, 2.45) is 0 Å². The average Bonchev–Trinajstić information content (AvgIpc) is 2.74. The van der Waals surface area contributed by atoms with Crippen molar-refractivity contribution >= 4 is 5.82 Å². The van der Waals surface area contributed by atoms with Crippen LogP contribution in [0.5, 0.6) is 0 Å². The summed E-state index contributed by atoms with van der Waals surface area (Å²) in [7, 11) is 0. The van der Waals surface area contributed by atoms with Gasteiger partial charge in [0.2, 0.25) is 0 Å². The van der Waals surface area contributed by atoms with Crippen LogP contribution >= 0.6 is 0 Å². The maximum Gasteiger partial charge on any atom is 0.187 e. The Labute approximate surface area is 101 Å². The second kappa shape index (κ2) is 4.59. The summed E-state index contributed by atoms with van der Waals surface area (Å²) in [6, 6.07) is 0.397. The predicted octanol–water partition coefficient (Wildman–Crippen LogP) is 3.24. The fourth-order valence-corrected chi connectivity index (χ4v) is 2.71. The summed E-state index contributed by atoms with van der Waals surface area (Å²) in [5, 5.41) is 3.23. The number of aromatic nitrogens is 2. The quantitative estimate of drug-likeness (QED) is 0.874. The minimum absolute atomic E-state index is 0.218. The molecule has 2 aliphatic rings. The van der Waals surface area contributed by atoms with E-state index in [-0.39, 0.29) is 5.82 Å². The minimum Gasteiger partial charge on any atom is -0.365 e. The zero-order chi connectivity index (χ0) is 11.7. The lowest BCUT2D eigenvalue weighted by molar-refractivity contribution is 0.393. The fraction of sp³-hybridized carbons (Fsp3) is 0.692. The number of nitrogens with zero attached hydrogens (tertiary/aromatic N) is 2. The molecule has 0 atom stereocenters. The number of rotatable bonds is 3. The molecule has 2 saturated carbocycles. The highest BCUT2D eigenvalue weighted by molar-refractivity contribution is 5.39. The van der Waals surface area contributed by atoms with E-state index >= 15 is 0 Å². The van der Waals surface area contributed by atoms with Crippen LogP contribution in [0.25, 0.3) is 0 Å². The summed E-state index contributed by atoms with van der Waals surface area (Å²) in [6.07, 6.45) is 9.55. The second-order valence-corrected chi connectivity index (χ2v) is 5.18. The lowest BCUT2D eigenvalue weighted by atomic mass is 9.82. The van der Waals surface area contributed by atoms with Crippen molar-refractivity contribution in [1.82, 2.24) is 9.97 Å². The van der Waals surface area contributed by atoms with E-state index in [1.54, 1.807) is 0 Å². The van der Waals surface area contributed by atoms with Gasteiger partial charge >= 0.3 is 0 Å². The molecule has 0 aromatic carbocycles. The summed E-state index contributed by atoms with van der Waals surface area (Å²) >= 11 is 0. The molecule has 0 amide bonds. The van der Waals surface area contributed by atoms with E-state index in [0.29, 0.717) is 23.5 Å². The standard InChI is InChI=1S/C13H18FN3/c14-11-12(9-4-3-5-9)15-8-16-13(11)17-10-6-1-2-7-10/h8-10H,1-7H2,(H,15,16,17). The minimum atomic E-state index is -0.218. The summed E-state index contributed by atoms with van der Waals surface area (Å²) in [5.74, 6) is 0.514. The van der Waals surface area contributed by atoms with Crippen molar-refractivity contribution in [2.75, 3.05) is 5.32 Å². The number of hydrogen-bond donors (Lipinski definition) is 1. The molecule has 3 rings (SSSR count). The van der Waals surface area contributed by atoms with Gasteiger partial charge in [0, 0.05) is 12.0 Å². The van der Waals surface area contributed by atoms with E-state index in [2.05, 4.69) is 15.3 Å². The number of nitrogens with one attached hydrogen (secondary N) is 1. The topological polar surface area (TPSA) is 37.8 Å². The number of anilines is 1. The molecule has 3 nitrogen and oxygen atoms in total. The molecular weight excluding hydrogens is 217 g/mol. The van der Waals surface area contributed by atoms with Crippen molar-refractivity contribution in [3.8, 4) is 0 Å². The molecule has 0 radical (unpaired) electrons. The van der Waals surface area contributed by atoms with Crippen LogP contribution in [0.4, 0.5) is 10.2 Å². The van der Waals surface area contributed by atoms with Crippen LogP contribution in [0.1, 0.15) is 56.6 Å². The lowest BCUT2D eigenvalue weighted by Gasteiger charge is -2.25. The van der Waals surface area contributed by atoms with Gasteiger partial charge in [-0.1, -0.05) is 19.3 Å². The molecule has 1 aromatic heterocycles. The average molecular weight is 235 g/mol. The molecule has 0 bridgehead atoms. The van der Waals surface area contributed by atoms with E-state index < -0.39 is 0 Å². The molecule has 1 N–H and O–H groups in total. The Hall–Kier alpha value is -1.19. The number of halogens is 1. The zero-order valence-electron chi connectivity index (χ0n) is 9.95. The van der Waals surface area contributed by atoms with Crippen molar-refractivity contribution in [3.05, 3.63) is 17.8 Å². The van der Waals surface area contributed by atoms with Crippen LogP contribution in [0, 0.1) is 5.82 Å². The Morgan fingerprint density at radius 3 is 2.47 bits per heavy atom. The van der Waals surface area contributed by atoms with Gasteiger partial charge in [-0.3, -0.25) is 0 Å². The van der Waals surface area contributed by atoms with E-state index in [1.165, 1.54) is 25.6 Å². The summed E-state index contributed by atoms with van der Waals surface area (Å²) in [4.78, 5) is 8.16. The summed E-state index contributed by atoms with van der Waals surface area (Å²) in [6.45, 7) is 0. The zero-order valence-corrected chi connectivity index (χ0v) is 9.95. The summed E-state index contributed by atoms with van der Waals surface area (Å²) < 4.78 is 14.2. The molecule has 0 aliphatic heterocycles. The molecule has 0 unspecified atom stereocenters. The Kier molecular flexibility index (Phi) is 2.95. The maximum atomic E-state index is 14.2. The van der Waals surface area contributed by atoms with Gasteiger partial charge in [0.25, 0.3) is 0 Å². The monoisotopic (exact) mass is 235 g/mol. The third-order valence-electron chi connectivity index (χ3n) is 4.00. The van der Waals surface area contributed by atoms with Gasteiger partial charge < -0.3 is 5.32 Å². The molecule has 92 valence electrons. The predicted molar refractivity (Wildman–Crippen MR) is 64.5 cm³/mol. The van der Waals surface area contributed by atoms with Crippen molar-refractivity contribution in [2.45, 2.75) is 56.9 Å². The molecule has 2 aliphatic carbocycles. The Morgan fingerprint density at radius 2 is 1.82 bits per heavy atom. The fourth-order valence-electron chi connectivity index (χ4n) is 2.71. The van der Waals surface area contributed by atoms with E-state index in [0.717, 1.165) is 25.7 Å². The molecule has 1 heterocycles. The lowest BCUT2D eigenvalue weighted by Crippen LogP contribution is -2.19. The first-order chi connectivity index (χ1) is 8.34. The molecule has 4 heteroatoms. The smallest absolute Gasteiger partial charge is 0.187 e. The van der Waals surface area contributed by atoms with Crippen LogP contribution in [-0.4, -0.2) is 16.0 Å². The third-order valence-corrected chi connectivity index (χ3v) is 4.00. The van der Waals surface area contributed by atoms with Crippen LogP contribution in [0.2, 0.25) is 0 Å². The van der Waals surface area contributed by atoms with Crippen LogP contribution in [0.15, 0.2) is 6.33 Å². The van der Waals surface area contributed by atoms with E-state index in [1.807, 2.05) is 0 Å². The van der Waals surface area contributed by atoms with Crippen molar-refractivity contribution in [3.63, 3.8) is 0 Å². The molecule has 0 spiro atoms. The first-order valence-electron chi connectivity index (χ1n) is 6.61. The second-order valence-electron chi connectivity index (χ2n) is 5.18. The summed E-state index contributed by atoms with van der Waals surface area (Å²) in [5.41, 5.74) is 0.617. The molecule has 2 fully saturated rings. The highest BCUT2D eigenvalue weighted by Gasteiger charge is 2.26. The van der Waals surface area contributed by atoms with Gasteiger partial charge in [0.05, 0.1) is 5.69 Å². The Morgan fingerprint density at radius 1 is 1.06 bits per heavy atom. The Balaban J connectivity index is 1.78. The van der Waals surface area contributed by atoms with Gasteiger partial charge in [-0.05, 0) is 25.7 Å². The third kappa shape index (κ3) is 2.13. The van der Waals surface area contributed by atoms with Crippen molar-refractivity contribution < 1.29 is 4.39 Å². The number of hydrogen-bond acceptors (Lipinski definition) is 3. The van der Waals surface area contributed by atoms with Crippen molar-refractivity contribution in [1.29, 1.82) is 0 Å². The van der Waals surface area contributed by atoms with Gasteiger partial charge in [-0.15, -0.1) is 0 Å². The highest BCUT2D eigenvalue weighted by atomic mass is 19.1. The normalized spacial score (nSPS) is 21.5. The van der Waals surface area contributed by atoms with Gasteiger partial charge in [0.15, 0.2) is 11.6 Å². The van der Waals surface area contributed by atoms with Gasteiger partial charge in [-0.2, -0.15) is 0 Å². The molecular formula is C13H18FN3. The van der Waals surface area contributed by atoms with Crippen LogP contribution in [0.3, 0.4) is 0 Å².